The summed E-state index contributed by atoms with van der Waals surface area (Å²) in [6, 6.07) is 5.61. The van der Waals surface area contributed by atoms with E-state index in [2.05, 4.69) is 23.0 Å². The normalized spacial score (nSPS) is 10.8. The zero-order valence-corrected chi connectivity index (χ0v) is 11.8. The molecule has 1 aromatic heterocycles. The second-order valence-corrected chi connectivity index (χ2v) is 5.58. The molecule has 2 aromatic rings. The van der Waals surface area contributed by atoms with E-state index in [0.29, 0.717) is 10.0 Å². The summed E-state index contributed by atoms with van der Waals surface area (Å²) in [7, 11) is 0. The molecule has 1 nitrogen and oxygen atoms in total. The van der Waals surface area contributed by atoms with Crippen LogP contribution in [0.2, 0.25) is 10.0 Å². The summed E-state index contributed by atoms with van der Waals surface area (Å²) in [4.78, 5) is 0. The fraction of sp³-hybridized carbons (Fsp3) is 0.231. The molecule has 0 bridgehead atoms. The smallest absolute Gasteiger partial charge is 0.0424 e. The maximum Gasteiger partial charge on any atom is 0.0424 e. The van der Waals surface area contributed by atoms with E-state index in [0.717, 1.165) is 18.7 Å². The largest absolute Gasteiger partial charge is 0.309 e. The van der Waals surface area contributed by atoms with Crippen molar-refractivity contribution in [3.05, 3.63) is 55.7 Å². The summed E-state index contributed by atoms with van der Waals surface area (Å²) in [5, 5.41) is 9.09. The van der Waals surface area contributed by atoms with Gasteiger partial charge in [0.25, 0.3) is 0 Å². The molecule has 4 heteroatoms. The number of aryl methyl sites for hydroxylation is 1. The Kier molecular flexibility index (Phi) is 4.46. The fourth-order valence-electron chi connectivity index (χ4n) is 1.62. The van der Waals surface area contributed by atoms with Gasteiger partial charge in [0.05, 0.1) is 0 Å². The molecule has 0 radical (unpaired) electrons. The predicted molar refractivity (Wildman–Crippen MR) is 76.1 cm³/mol. The van der Waals surface area contributed by atoms with Crippen molar-refractivity contribution in [1.82, 2.24) is 5.32 Å². The van der Waals surface area contributed by atoms with Gasteiger partial charge in [-0.25, -0.2) is 0 Å². The molecular formula is C13H13Cl2NS. The van der Waals surface area contributed by atoms with Crippen molar-refractivity contribution in [2.24, 2.45) is 0 Å². The van der Waals surface area contributed by atoms with Gasteiger partial charge in [-0.3, -0.25) is 0 Å². The van der Waals surface area contributed by atoms with Crippen molar-refractivity contribution in [2.45, 2.75) is 20.0 Å². The van der Waals surface area contributed by atoms with Crippen molar-refractivity contribution in [1.29, 1.82) is 0 Å². The molecule has 0 aliphatic rings. The van der Waals surface area contributed by atoms with Gasteiger partial charge in [0, 0.05) is 23.1 Å². The van der Waals surface area contributed by atoms with Crippen LogP contribution in [-0.2, 0) is 13.1 Å². The summed E-state index contributed by atoms with van der Waals surface area (Å²) >= 11 is 13.6. The average molecular weight is 286 g/mol. The Hall–Kier alpha value is -0.540. The molecule has 1 heterocycles. The molecule has 1 aromatic carbocycles. The Morgan fingerprint density at radius 1 is 1.06 bits per heavy atom. The predicted octanol–water partition coefficient (Wildman–Crippen LogP) is 4.65. The average Bonchev–Trinajstić information content (AvgIpc) is 2.63. The van der Waals surface area contributed by atoms with Gasteiger partial charge >= 0.3 is 0 Å². The standard InChI is InChI=1S/C13H13Cl2NS/c1-9-7-17-8-11(9)6-16-5-10-2-12(14)4-13(15)3-10/h2-4,7-8,16H,5-6H2,1H3. The summed E-state index contributed by atoms with van der Waals surface area (Å²) in [6.07, 6.45) is 0. The van der Waals surface area contributed by atoms with Crippen LogP contribution in [0, 0.1) is 6.92 Å². The fourth-order valence-corrected chi connectivity index (χ4v) is 3.05. The number of hydrogen-bond acceptors (Lipinski definition) is 2. The van der Waals surface area contributed by atoms with E-state index in [4.69, 9.17) is 23.2 Å². The summed E-state index contributed by atoms with van der Waals surface area (Å²) in [5.41, 5.74) is 3.80. The van der Waals surface area contributed by atoms with E-state index in [1.807, 2.05) is 12.1 Å². The molecular weight excluding hydrogens is 273 g/mol. The van der Waals surface area contributed by atoms with E-state index >= 15 is 0 Å². The number of rotatable bonds is 4. The highest BCUT2D eigenvalue weighted by molar-refractivity contribution is 7.08. The van der Waals surface area contributed by atoms with Gasteiger partial charge in [0.1, 0.15) is 0 Å². The molecule has 0 saturated carbocycles. The van der Waals surface area contributed by atoms with Gasteiger partial charge in [0.15, 0.2) is 0 Å². The van der Waals surface area contributed by atoms with Gasteiger partial charge in [0.2, 0.25) is 0 Å². The minimum absolute atomic E-state index is 0.681. The molecule has 0 atom stereocenters. The van der Waals surface area contributed by atoms with Crippen LogP contribution in [0.15, 0.2) is 29.0 Å². The van der Waals surface area contributed by atoms with Crippen LogP contribution in [0.4, 0.5) is 0 Å². The molecule has 0 spiro atoms. The maximum atomic E-state index is 5.94. The van der Waals surface area contributed by atoms with Crippen LogP contribution in [0.1, 0.15) is 16.7 Å². The van der Waals surface area contributed by atoms with Gasteiger partial charge < -0.3 is 5.32 Å². The lowest BCUT2D eigenvalue weighted by atomic mass is 10.2. The second kappa shape index (κ2) is 5.87. The lowest BCUT2D eigenvalue weighted by Gasteiger charge is -2.06. The molecule has 17 heavy (non-hydrogen) atoms. The van der Waals surface area contributed by atoms with Crippen LogP contribution < -0.4 is 5.32 Å². The lowest BCUT2D eigenvalue weighted by molar-refractivity contribution is 0.692. The molecule has 90 valence electrons. The Bertz CT molecular complexity index is 488. The third kappa shape index (κ3) is 3.71. The monoisotopic (exact) mass is 285 g/mol. The number of hydrogen-bond donors (Lipinski definition) is 1. The van der Waals surface area contributed by atoms with Crippen LogP contribution in [-0.4, -0.2) is 0 Å². The van der Waals surface area contributed by atoms with Gasteiger partial charge in [-0.2, -0.15) is 11.3 Å². The lowest BCUT2D eigenvalue weighted by Crippen LogP contribution is -2.12. The third-order valence-electron chi connectivity index (χ3n) is 2.53. The Balaban J connectivity index is 1.92. The molecule has 2 rings (SSSR count). The van der Waals surface area contributed by atoms with Crippen LogP contribution in [0.3, 0.4) is 0 Å². The van der Waals surface area contributed by atoms with Gasteiger partial charge in [-0.15, -0.1) is 0 Å². The van der Waals surface area contributed by atoms with E-state index in [1.165, 1.54) is 11.1 Å². The topological polar surface area (TPSA) is 12.0 Å². The first-order valence-corrected chi connectivity index (χ1v) is 7.02. The zero-order chi connectivity index (χ0) is 12.3. The van der Waals surface area contributed by atoms with Crippen LogP contribution in [0.25, 0.3) is 0 Å². The Labute approximate surface area is 115 Å². The molecule has 0 amide bonds. The first-order valence-electron chi connectivity index (χ1n) is 5.32. The number of nitrogens with one attached hydrogen (secondary N) is 1. The minimum atomic E-state index is 0.681. The highest BCUT2D eigenvalue weighted by Gasteiger charge is 2.00. The molecule has 0 saturated heterocycles. The van der Waals surface area contributed by atoms with Gasteiger partial charge in [-0.05, 0) is 52.6 Å². The molecule has 0 aliphatic heterocycles. The first-order chi connectivity index (χ1) is 8.15. The third-order valence-corrected chi connectivity index (χ3v) is 3.88. The van der Waals surface area contributed by atoms with E-state index in [-0.39, 0.29) is 0 Å². The minimum Gasteiger partial charge on any atom is -0.309 e. The Morgan fingerprint density at radius 2 is 1.76 bits per heavy atom. The van der Waals surface area contributed by atoms with E-state index in [9.17, 15) is 0 Å². The van der Waals surface area contributed by atoms with Crippen molar-refractivity contribution in [3.8, 4) is 0 Å². The quantitative estimate of drug-likeness (QED) is 0.862. The number of benzene rings is 1. The van der Waals surface area contributed by atoms with Crippen molar-refractivity contribution in [3.63, 3.8) is 0 Å². The maximum absolute atomic E-state index is 5.94. The van der Waals surface area contributed by atoms with Crippen molar-refractivity contribution < 1.29 is 0 Å². The molecule has 0 unspecified atom stereocenters. The second-order valence-electron chi connectivity index (χ2n) is 3.96. The summed E-state index contributed by atoms with van der Waals surface area (Å²) < 4.78 is 0. The van der Waals surface area contributed by atoms with E-state index in [1.54, 1.807) is 17.4 Å². The SMILES string of the molecule is Cc1cscc1CNCc1cc(Cl)cc(Cl)c1. The Morgan fingerprint density at radius 3 is 2.35 bits per heavy atom. The molecule has 1 N–H and O–H groups in total. The summed E-state index contributed by atoms with van der Waals surface area (Å²) in [6.45, 7) is 3.78. The molecule has 0 fully saturated rings. The van der Waals surface area contributed by atoms with Crippen LogP contribution in [0.5, 0.6) is 0 Å². The van der Waals surface area contributed by atoms with E-state index < -0.39 is 0 Å². The number of halogens is 2. The summed E-state index contributed by atoms with van der Waals surface area (Å²) in [5.74, 6) is 0. The highest BCUT2D eigenvalue weighted by Crippen LogP contribution is 2.19. The highest BCUT2D eigenvalue weighted by atomic mass is 35.5. The van der Waals surface area contributed by atoms with Crippen molar-refractivity contribution in [2.75, 3.05) is 0 Å². The zero-order valence-electron chi connectivity index (χ0n) is 9.47. The number of thiophene rings is 1. The van der Waals surface area contributed by atoms with Gasteiger partial charge in [-0.1, -0.05) is 23.2 Å². The van der Waals surface area contributed by atoms with Crippen LogP contribution >= 0.6 is 34.5 Å². The van der Waals surface area contributed by atoms with Crippen molar-refractivity contribution >= 4 is 34.5 Å². The molecule has 0 aliphatic carbocycles. The first kappa shape index (κ1) is 12.9.